The van der Waals surface area contributed by atoms with Crippen molar-refractivity contribution in [2.45, 2.75) is 59.5 Å². The van der Waals surface area contributed by atoms with E-state index in [1.54, 1.807) is 0 Å². The van der Waals surface area contributed by atoms with Gasteiger partial charge in [-0.15, -0.1) is 0 Å². The van der Waals surface area contributed by atoms with Crippen molar-refractivity contribution in [2.24, 2.45) is 10.8 Å². The van der Waals surface area contributed by atoms with Crippen molar-refractivity contribution in [3.05, 3.63) is 34.9 Å². The molecule has 0 heterocycles. The van der Waals surface area contributed by atoms with E-state index in [0.29, 0.717) is 5.56 Å². The monoisotopic (exact) mass is 338 g/mol. The Hall–Kier alpha value is -0.940. The molecule has 1 aromatic carbocycles. The first-order valence-corrected chi connectivity index (χ1v) is 8.54. The zero-order valence-corrected chi connectivity index (χ0v) is 15.9. The smallest absolute Gasteiger partial charge is 0.0915 e. The van der Waals surface area contributed by atoms with Gasteiger partial charge in [-0.2, -0.15) is 0 Å². The molecule has 24 heavy (non-hydrogen) atoms. The van der Waals surface area contributed by atoms with Crippen molar-refractivity contribution >= 4 is 0 Å². The quantitative estimate of drug-likeness (QED) is 0.616. The fourth-order valence-corrected chi connectivity index (χ4v) is 3.65. The van der Waals surface area contributed by atoms with Crippen LogP contribution in [-0.4, -0.2) is 40.2 Å². The van der Waals surface area contributed by atoms with E-state index >= 15 is 0 Å². The Morgan fingerprint density at radius 2 is 1.42 bits per heavy atom. The zero-order valence-electron chi connectivity index (χ0n) is 15.9. The van der Waals surface area contributed by atoms with Crippen LogP contribution in [0.1, 0.15) is 63.8 Å². The highest BCUT2D eigenvalue weighted by atomic mass is 16.3. The number of benzene rings is 1. The third-order valence-corrected chi connectivity index (χ3v) is 4.73. The van der Waals surface area contributed by atoms with Gasteiger partial charge in [-0.1, -0.05) is 58.4 Å². The summed E-state index contributed by atoms with van der Waals surface area (Å²) in [7, 11) is 0. The minimum Gasteiger partial charge on any atom is -0.395 e. The Labute approximate surface area is 146 Å². The van der Waals surface area contributed by atoms with Gasteiger partial charge in [0.1, 0.15) is 0 Å². The summed E-state index contributed by atoms with van der Waals surface area (Å²) < 4.78 is 0. The van der Waals surface area contributed by atoms with Crippen LogP contribution in [0.2, 0.25) is 0 Å². The Morgan fingerprint density at radius 3 is 1.83 bits per heavy atom. The van der Waals surface area contributed by atoms with Gasteiger partial charge in [0.2, 0.25) is 0 Å². The first-order chi connectivity index (χ1) is 10.9. The van der Waals surface area contributed by atoms with E-state index in [-0.39, 0.29) is 10.8 Å². The van der Waals surface area contributed by atoms with Crippen molar-refractivity contribution in [3.63, 3.8) is 0 Å². The molecule has 0 saturated carbocycles. The first-order valence-electron chi connectivity index (χ1n) is 8.54. The van der Waals surface area contributed by atoms with Gasteiger partial charge in [-0.05, 0) is 35.3 Å². The molecule has 0 bridgehead atoms. The number of aliphatic hydroxyl groups excluding tert-OH is 4. The lowest BCUT2D eigenvalue weighted by molar-refractivity contribution is -0.0858. The molecule has 138 valence electrons. The van der Waals surface area contributed by atoms with Gasteiger partial charge in [0, 0.05) is 0 Å². The number of rotatable bonds is 7. The van der Waals surface area contributed by atoms with Crippen LogP contribution in [0.25, 0.3) is 0 Å². The van der Waals surface area contributed by atoms with Crippen LogP contribution in [-0.2, 0) is 5.41 Å². The highest BCUT2D eigenvalue weighted by Crippen LogP contribution is 2.43. The first kappa shape index (κ1) is 21.1. The highest BCUT2D eigenvalue weighted by molar-refractivity contribution is 5.39. The summed E-state index contributed by atoms with van der Waals surface area (Å²) in [5.41, 5.74) is 1.29. The summed E-state index contributed by atoms with van der Waals surface area (Å²) in [6.07, 6.45) is -0.236. The molecule has 0 saturated heterocycles. The van der Waals surface area contributed by atoms with Crippen LogP contribution < -0.4 is 0 Å². The minimum atomic E-state index is -1.36. The summed E-state index contributed by atoms with van der Waals surface area (Å²) in [5, 5.41) is 39.9. The molecule has 1 aromatic rings. The average Bonchev–Trinajstić information content (AvgIpc) is 2.47. The number of hydrogen-bond acceptors (Lipinski definition) is 4. The third-order valence-electron chi connectivity index (χ3n) is 4.73. The summed E-state index contributed by atoms with van der Waals surface area (Å²) in [6.45, 7) is 11.4. The van der Waals surface area contributed by atoms with Crippen LogP contribution in [0.3, 0.4) is 0 Å². The molecule has 0 aliphatic rings. The standard InChI is InChI=1S/C20H34O4/c1-14-7-8-15(17(24)20(11-21,12-22)13-23)16(9-14)19(5,6)10-18(2,3)4/h7-9,17,21-24H,10-13H2,1-6H3. The van der Waals surface area contributed by atoms with Gasteiger partial charge in [-0.25, -0.2) is 0 Å². The molecule has 0 radical (unpaired) electrons. The summed E-state index contributed by atoms with van der Waals surface area (Å²) >= 11 is 0. The van der Waals surface area contributed by atoms with Crippen molar-refractivity contribution in [1.29, 1.82) is 0 Å². The van der Waals surface area contributed by atoms with Gasteiger partial charge < -0.3 is 20.4 Å². The molecule has 1 rings (SSSR count). The highest BCUT2D eigenvalue weighted by Gasteiger charge is 2.40. The Balaban J connectivity index is 3.46. The van der Waals surface area contributed by atoms with Gasteiger partial charge >= 0.3 is 0 Å². The van der Waals surface area contributed by atoms with E-state index in [9.17, 15) is 20.4 Å². The fourth-order valence-electron chi connectivity index (χ4n) is 3.65. The largest absolute Gasteiger partial charge is 0.395 e. The lowest BCUT2D eigenvalue weighted by Crippen LogP contribution is -2.41. The maximum atomic E-state index is 10.9. The number of aliphatic hydroxyl groups is 4. The summed E-state index contributed by atoms with van der Waals surface area (Å²) in [6, 6.07) is 5.81. The minimum absolute atomic E-state index is 0.109. The molecule has 4 nitrogen and oxygen atoms in total. The second-order valence-electron chi connectivity index (χ2n) is 8.95. The lowest BCUT2D eigenvalue weighted by atomic mass is 9.68. The number of hydrogen-bond donors (Lipinski definition) is 4. The SMILES string of the molecule is Cc1ccc(C(O)C(CO)(CO)CO)c(C(C)(C)CC(C)(C)C)c1. The molecule has 0 aliphatic heterocycles. The summed E-state index contributed by atoms with van der Waals surface area (Å²) in [5.74, 6) is 0. The molecule has 0 spiro atoms. The fraction of sp³-hybridized carbons (Fsp3) is 0.700. The van der Waals surface area contributed by atoms with Gasteiger partial charge in [0.15, 0.2) is 0 Å². The van der Waals surface area contributed by atoms with E-state index in [1.165, 1.54) is 0 Å². The van der Waals surface area contributed by atoms with E-state index in [4.69, 9.17) is 0 Å². The molecule has 0 aromatic heterocycles. The predicted molar refractivity (Wildman–Crippen MR) is 96.9 cm³/mol. The molecule has 0 amide bonds. The van der Waals surface area contributed by atoms with Crippen molar-refractivity contribution in [1.82, 2.24) is 0 Å². The summed E-state index contributed by atoms with van der Waals surface area (Å²) in [4.78, 5) is 0. The van der Waals surface area contributed by atoms with Crippen molar-refractivity contribution in [2.75, 3.05) is 19.8 Å². The normalized spacial score (nSPS) is 14.8. The molecule has 4 N–H and O–H groups in total. The zero-order chi connectivity index (χ0) is 18.8. The van der Waals surface area contributed by atoms with Gasteiger partial charge in [0.25, 0.3) is 0 Å². The maximum absolute atomic E-state index is 10.9. The molecule has 4 heteroatoms. The van der Waals surface area contributed by atoms with Gasteiger partial charge in [0.05, 0.1) is 31.3 Å². The third kappa shape index (κ3) is 4.57. The second kappa shape index (κ2) is 7.52. The van der Waals surface area contributed by atoms with Crippen LogP contribution in [0.4, 0.5) is 0 Å². The van der Waals surface area contributed by atoms with Crippen LogP contribution in [0.15, 0.2) is 18.2 Å². The molecule has 1 atom stereocenters. The van der Waals surface area contributed by atoms with Crippen LogP contribution in [0.5, 0.6) is 0 Å². The van der Waals surface area contributed by atoms with E-state index in [1.807, 2.05) is 19.1 Å². The average molecular weight is 338 g/mol. The van der Waals surface area contributed by atoms with Crippen LogP contribution >= 0.6 is 0 Å². The van der Waals surface area contributed by atoms with Crippen LogP contribution in [0, 0.1) is 17.8 Å². The van der Waals surface area contributed by atoms with Crippen molar-refractivity contribution < 1.29 is 20.4 Å². The molecule has 0 fully saturated rings. The Bertz CT molecular complexity index is 531. The van der Waals surface area contributed by atoms with Crippen molar-refractivity contribution in [3.8, 4) is 0 Å². The predicted octanol–water partition coefficient (Wildman–Crippen LogP) is 2.71. The lowest BCUT2D eigenvalue weighted by Gasteiger charge is -2.39. The molecule has 1 unspecified atom stereocenters. The Morgan fingerprint density at radius 1 is 0.917 bits per heavy atom. The molecule has 0 aliphatic carbocycles. The second-order valence-corrected chi connectivity index (χ2v) is 8.95. The topological polar surface area (TPSA) is 80.9 Å². The molecular formula is C20H34O4. The Kier molecular flexibility index (Phi) is 6.62. The molecular weight excluding hydrogens is 304 g/mol. The number of aryl methyl sites for hydroxylation is 1. The van der Waals surface area contributed by atoms with E-state index in [0.717, 1.165) is 17.5 Å². The maximum Gasteiger partial charge on any atom is 0.0915 e. The van der Waals surface area contributed by atoms with E-state index < -0.39 is 31.3 Å². The van der Waals surface area contributed by atoms with Gasteiger partial charge in [-0.3, -0.25) is 0 Å². The van der Waals surface area contributed by atoms with E-state index in [2.05, 4.69) is 40.7 Å².